The van der Waals surface area contributed by atoms with Crippen LogP contribution in [0.1, 0.15) is 43.2 Å². The monoisotopic (exact) mass is 420 g/mol. The summed E-state index contributed by atoms with van der Waals surface area (Å²) in [5, 5.41) is 16.3. The summed E-state index contributed by atoms with van der Waals surface area (Å²) in [5.74, 6) is -0.777. The van der Waals surface area contributed by atoms with Crippen LogP contribution in [0.15, 0.2) is 71.7 Å². The summed E-state index contributed by atoms with van der Waals surface area (Å²) in [4.78, 5) is 30.5. The minimum atomic E-state index is -0.409. The van der Waals surface area contributed by atoms with Gasteiger partial charge >= 0.3 is 0 Å². The number of carbonyl (C=O) groups is 2. The number of rotatable bonds is 3. The van der Waals surface area contributed by atoms with E-state index < -0.39 is 5.78 Å². The van der Waals surface area contributed by atoms with Gasteiger partial charge in [-0.25, -0.2) is 0 Å². The van der Waals surface area contributed by atoms with Crippen LogP contribution in [-0.4, -0.2) is 27.6 Å². The average molecular weight is 420 g/mol. The lowest BCUT2D eigenvalue weighted by molar-refractivity contribution is -0.748. The van der Waals surface area contributed by atoms with Crippen LogP contribution in [0.4, 0.5) is 5.69 Å². The Morgan fingerprint density at radius 3 is 2.41 bits per heavy atom. The molecule has 0 amide bonds. The van der Waals surface area contributed by atoms with Gasteiger partial charge in [-0.15, -0.1) is 4.68 Å². The summed E-state index contributed by atoms with van der Waals surface area (Å²) in [6.45, 7) is 0.127. The Morgan fingerprint density at radius 1 is 0.906 bits per heavy atom. The van der Waals surface area contributed by atoms with Gasteiger partial charge in [0.25, 0.3) is 0 Å². The first-order valence-electron chi connectivity index (χ1n) is 10.2. The molecule has 4 aromatic rings. The summed E-state index contributed by atoms with van der Waals surface area (Å²) in [6.07, 6.45) is 2.77. The first-order chi connectivity index (χ1) is 15.6. The van der Waals surface area contributed by atoms with Gasteiger partial charge in [0.2, 0.25) is 17.3 Å². The Labute approximate surface area is 182 Å². The number of fused-ring (bicyclic) bond motifs is 3. The Kier molecular flexibility index (Phi) is 3.91. The van der Waals surface area contributed by atoms with Gasteiger partial charge in [0.05, 0.1) is 5.69 Å². The van der Waals surface area contributed by atoms with Crippen molar-refractivity contribution in [2.45, 2.75) is 13.0 Å². The molecule has 3 aromatic carbocycles. The zero-order valence-corrected chi connectivity index (χ0v) is 16.9. The summed E-state index contributed by atoms with van der Waals surface area (Å²) < 4.78 is 1.21. The zero-order valence-electron chi connectivity index (χ0n) is 16.9. The number of ketones is 2. The molecule has 154 valence electrons. The van der Waals surface area contributed by atoms with Crippen molar-refractivity contribution in [1.82, 2.24) is 9.78 Å². The molecule has 0 N–H and O–H groups in total. The molecule has 0 atom stereocenters. The number of carbonyl (C=O) groups excluding carboxylic acids is 2. The number of hydrogen-bond donors (Lipinski definition) is 0. The molecule has 0 radical (unpaired) electrons. The van der Waals surface area contributed by atoms with E-state index in [4.69, 9.17) is 0 Å². The van der Waals surface area contributed by atoms with E-state index in [1.807, 2.05) is 30.5 Å². The largest absolute Gasteiger partial charge is 0.571 e. The second-order valence-electron chi connectivity index (χ2n) is 7.87. The van der Waals surface area contributed by atoms with Crippen molar-refractivity contribution in [3.05, 3.63) is 106 Å². The lowest BCUT2D eigenvalue weighted by Crippen LogP contribution is -2.41. The van der Waals surface area contributed by atoms with Gasteiger partial charge in [0.15, 0.2) is 5.69 Å². The zero-order chi connectivity index (χ0) is 21.8. The van der Waals surface area contributed by atoms with E-state index in [1.54, 1.807) is 24.3 Å². The maximum atomic E-state index is 13.0. The molecule has 0 fully saturated rings. The lowest BCUT2D eigenvalue weighted by atomic mass is 9.90. The van der Waals surface area contributed by atoms with Gasteiger partial charge in [-0.3, -0.25) is 14.6 Å². The molecule has 6 rings (SSSR count). The highest BCUT2D eigenvalue weighted by Gasteiger charge is 2.39. The smallest absolute Gasteiger partial charge is 0.220 e. The molecule has 0 bridgehead atoms. The molecule has 2 heterocycles. The number of benzene rings is 3. The maximum absolute atomic E-state index is 13.0. The van der Waals surface area contributed by atoms with Gasteiger partial charge in [-0.2, -0.15) is 0 Å². The molecule has 2 aliphatic rings. The van der Waals surface area contributed by atoms with Crippen LogP contribution in [0.3, 0.4) is 0 Å². The number of aromatic nitrogens is 3. The fraction of sp³-hybridized carbons (Fsp3) is 0.0800. The Morgan fingerprint density at radius 2 is 1.62 bits per heavy atom. The normalized spacial score (nSPS) is 13.8. The summed E-state index contributed by atoms with van der Waals surface area (Å²) in [6, 6.07) is 20.5. The molecule has 1 aliphatic carbocycles. The van der Waals surface area contributed by atoms with Crippen LogP contribution in [0.2, 0.25) is 0 Å². The van der Waals surface area contributed by atoms with E-state index in [-0.39, 0.29) is 29.3 Å². The van der Waals surface area contributed by atoms with Crippen molar-refractivity contribution in [2.24, 2.45) is 4.99 Å². The highest BCUT2D eigenvalue weighted by molar-refractivity contribution is 6.26. The van der Waals surface area contributed by atoms with Crippen molar-refractivity contribution < 1.29 is 14.5 Å². The van der Waals surface area contributed by atoms with Crippen molar-refractivity contribution in [3.63, 3.8) is 0 Å². The first kappa shape index (κ1) is 18.4. The predicted octanol–water partition coefficient (Wildman–Crippen LogP) is 3.27. The number of hydrogen-bond acceptors (Lipinski definition) is 5. The van der Waals surface area contributed by atoms with Gasteiger partial charge in [-0.05, 0) is 28.3 Å². The van der Waals surface area contributed by atoms with Gasteiger partial charge in [-0.1, -0.05) is 60.7 Å². The molecular formula is C25H16N4O3. The lowest BCUT2D eigenvalue weighted by Gasteiger charge is -2.12. The molecule has 1 aromatic heterocycles. The third kappa shape index (κ3) is 2.71. The fourth-order valence-corrected chi connectivity index (χ4v) is 4.30. The average Bonchev–Trinajstić information content (AvgIpc) is 3.42. The van der Waals surface area contributed by atoms with E-state index in [9.17, 15) is 14.8 Å². The van der Waals surface area contributed by atoms with E-state index in [0.29, 0.717) is 10.5 Å². The third-order valence-corrected chi connectivity index (χ3v) is 5.97. The molecule has 0 spiro atoms. The van der Waals surface area contributed by atoms with Crippen LogP contribution in [0, 0.1) is 5.21 Å². The minimum absolute atomic E-state index is 0.0317. The second kappa shape index (κ2) is 6.81. The Bertz CT molecular complexity index is 1470. The first-order valence-corrected chi connectivity index (χ1v) is 10.2. The van der Waals surface area contributed by atoms with Crippen LogP contribution in [0.5, 0.6) is 0 Å². The molecule has 7 nitrogen and oxygen atoms in total. The van der Waals surface area contributed by atoms with Crippen molar-refractivity contribution >= 4 is 23.5 Å². The molecular weight excluding hydrogens is 404 g/mol. The molecule has 32 heavy (non-hydrogen) atoms. The van der Waals surface area contributed by atoms with Crippen LogP contribution < -0.4 is 4.96 Å². The fourth-order valence-electron chi connectivity index (χ4n) is 4.30. The summed E-state index contributed by atoms with van der Waals surface area (Å²) in [7, 11) is 0. The number of nitrogens with zero attached hydrogens (tertiary/aromatic N) is 4. The molecule has 0 saturated carbocycles. The molecule has 0 unspecified atom stereocenters. The SMILES string of the molecule is O=C1c2ccccc2C(=O)c2c1n[n+]([O-])n2Cc1ccc(-c2ccc3c(c2)N=CC3)cc1. The Balaban J connectivity index is 1.33. The molecule has 0 saturated heterocycles. The summed E-state index contributed by atoms with van der Waals surface area (Å²) >= 11 is 0. The topological polar surface area (TPSA) is 91.3 Å². The summed E-state index contributed by atoms with van der Waals surface area (Å²) in [5.41, 5.74) is 5.62. The van der Waals surface area contributed by atoms with Gasteiger partial charge in [0, 0.05) is 33.8 Å². The standard InChI is InChI=1S/C25H16N4O3/c30-24-19-3-1-2-4-20(19)25(31)23-22(24)27-29(32)28(23)14-15-5-7-16(8-6-15)18-10-9-17-11-12-26-21(17)13-18/h1-10,12-13H,11,14H2. The minimum Gasteiger partial charge on any atom is -0.571 e. The highest BCUT2D eigenvalue weighted by Crippen LogP contribution is 2.31. The quantitative estimate of drug-likeness (QED) is 0.331. The van der Waals surface area contributed by atoms with Crippen molar-refractivity contribution in [2.75, 3.05) is 0 Å². The van der Waals surface area contributed by atoms with E-state index >= 15 is 0 Å². The Hall–Kier alpha value is -4.39. The van der Waals surface area contributed by atoms with E-state index in [0.717, 1.165) is 28.8 Å². The van der Waals surface area contributed by atoms with Crippen molar-refractivity contribution in [1.29, 1.82) is 0 Å². The van der Waals surface area contributed by atoms with Crippen LogP contribution in [0.25, 0.3) is 11.1 Å². The van der Waals surface area contributed by atoms with Gasteiger partial charge < -0.3 is 5.21 Å². The van der Waals surface area contributed by atoms with Crippen LogP contribution >= 0.6 is 0 Å². The predicted molar refractivity (Wildman–Crippen MR) is 117 cm³/mol. The highest BCUT2D eigenvalue weighted by atomic mass is 16.5. The van der Waals surface area contributed by atoms with E-state index in [1.165, 1.54) is 10.2 Å². The third-order valence-electron chi connectivity index (χ3n) is 5.97. The molecule has 1 aliphatic heterocycles. The van der Waals surface area contributed by atoms with E-state index in [2.05, 4.69) is 28.3 Å². The molecule has 7 heteroatoms. The number of aliphatic imine (C=N–C) groups is 1. The van der Waals surface area contributed by atoms with Crippen molar-refractivity contribution in [3.8, 4) is 11.1 Å². The second-order valence-corrected chi connectivity index (χ2v) is 7.87. The van der Waals surface area contributed by atoms with Gasteiger partial charge in [0.1, 0.15) is 6.54 Å². The van der Waals surface area contributed by atoms with Crippen LogP contribution in [-0.2, 0) is 13.0 Å². The maximum Gasteiger partial charge on any atom is 0.220 e.